The molecule has 0 unspecified atom stereocenters. The monoisotopic (exact) mass is 364 g/mol. The number of rotatable bonds is 3. The van der Waals surface area contributed by atoms with Gasteiger partial charge in [-0.1, -0.05) is 0 Å². The van der Waals surface area contributed by atoms with Gasteiger partial charge in [-0.3, -0.25) is 0 Å². The lowest BCUT2D eigenvalue weighted by Crippen LogP contribution is -2.46. The largest absolute Gasteiger partial charge is 0.497 e. The van der Waals surface area contributed by atoms with Gasteiger partial charge in [-0.05, 0) is 66.3 Å². The highest BCUT2D eigenvalue weighted by Gasteiger charge is 2.45. The van der Waals surface area contributed by atoms with Gasteiger partial charge >= 0.3 is 0 Å². The lowest BCUT2D eigenvalue weighted by Gasteiger charge is -2.36. The molecule has 0 amide bonds. The minimum Gasteiger partial charge on any atom is -0.497 e. The Bertz CT molecular complexity index is 1040. The van der Waals surface area contributed by atoms with Crippen LogP contribution >= 0.6 is 0 Å². The van der Waals surface area contributed by atoms with Crippen LogP contribution in [0.15, 0.2) is 30.3 Å². The van der Waals surface area contributed by atoms with Crippen LogP contribution in [-0.2, 0) is 18.4 Å². The molecular formula is C22H24N2O3. The normalized spacial score (nSPS) is 20.6. The summed E-state index contributed by atoms with van der Waals surface area (Å²) in [5.41, 5.74) is 6.25. The van der Waals surface area contributed by atoms with Gasteiger partial charge < -0.3 is 24.5 Å². The van der Waals surface area contributed by atoms with Crippen molar-refractivity contribution in [3.8, 4) is 17.2 Å². The predicted molar refractivity (Wildman–Crippen MR) is 105 cm³/mol. The molecule has 1 aliphatic heterocycles. The number of hydrogen-bond acceptors (Lipinski definition) is 4. The van der Waals surface area contributed by atoms with Gasteiger partial charge in [-0.25, -0.2) is 0 Å². The third-order valence-corrected chi connectivity index (χ3v) is 6.18. The van der Waals surface area contributed by atoms with Crippen LogP contribution in [0.25, 0.3) is 10.9 Å². The Labute approximate surface area is 158 Å². The van der Waals surface area contributed by atoms with E-state index in [9.17, 15) is 0 Å². The Morgan fingerprint density at radius 2 is 1.74 bits per heavy atom. The molecule has 0 saturated carbocycles. The van der Waals surface area contributed by atoms with Gasteiger partial charge in [0.15, 0.2) is 11.5 Å². The fraction of sp³-hybridized carbons (Fsp3) is 0.364. The van der Waals surface area contributed by atoms with Crippen LogP contribution in [0, 0.1) is 0 Å². The van der Waals surface area contributed by atoms with Gasteiger partial charge in [-0.15, -0.1) is 0 Å². The quantitative estimate of drug-likeness (QED) is 0.747. The molecule has 5 heteroatoms. The smallest absolute Gasteiger partial charge is 0.161 e. The number of ether oxygens (including phenoxy) is 3. The molecule has 1 aromatic heterocycles. The molecule has 2 aromatic carbocycles. The number of H-pyrrole nitrogens is 1. The van der Waals surface area contributed by atoms with Crippen LogP contribution in [0.1, 0.15) is 28.8 Å². The van der Waals surface area contributed by atoms with E-state index in [1.165, 1.54) is 27.8 Å². The molecule has 140 valence electrons. The molecule has 2 aliphatic rings. The van der Waals surface area contributed by atoms with Crippen LogP contribution < -0.4 is 19.5 Å². The standard InChI is InChI=1S/C22H24N2O3/c1-25-14-4-5-18-16(11-14)15-7-9-23-22(21(15)24-18)8-6-13-10-19(26-2)20(27-3)12-17(13)22/h4-5,10-12,23-24H,6-9H2,1-3H3/t22-/m1/s1. The maximum absolute atomic E-state index is 5.59. The molecule has 2 heterocycles. The molecule has 2 N–H and O–H groups in total. The van der Waals surface area contributed by atoms with Crippen molar-refractivity contribution in [1.29, 1.82) is 0 Å². The molecule has 0 saturated heterocycles. The van der Waals surface area contributed by atoms with Crippen LogP contribution in [0.3, 0.4) is 0 Å². The highest BCUT2D eigenvalue weighted by Crippen LogP contribution is 2.49. The number of benzene rings is 2. The van der Waals surface area contributed by atoms with Gasteiger partial charge in [0.1, 0.15) is 5.75 Å². The van der Waals surface area contributed by atoms with E-state index in [4.69, 9.17) is 14.2 Å². The second kappa shape index (κ2) is 5.92. The van der Waals surface area contributed by atoms with E-state index in [1.807, 2.05) is 6.07 Å². The van der Waals surface area contributed by atoms with Crippen molar-refractivity contribution in [2.75, 3.05) is 27.9 Å². The molecule has 0 fully saturated rings. The summed E-state index contributed by atoms with van der Waals surface area (Å²) in [7, 11) is 5.11. The second-order valence-corrected chi connectivity index (χ2v) is 7.34. The first-order valence-corrected chi connectivity index (χ1v) is 9.39. The summed E-state index contributed by atoms with van der Waals surface area (Å²) in [5, 5.41) is 5.09. The van der Waals surface area contributed by atoms with Crippen molar-refractivity contribution in [2.45, 2.75) is 24.8 Å². The first-order chi connectivity index (χ1) is 13.2. The van der Waals surface area contributed by atoms with Gasteiger partial charge in [0.25, 0.3) is 0 Å². The van der Waals surface area contributed by atoms with Crippen molar-refractivity contribution < 1.29 is 14.2 Å². The molecule has 1 atom stereocenters. The number of aryl methyl sites for hydroxylation is 1. The summed E-state index contributed by atoms with van der Waals surface area (Å²) in [4.78, 5) is 3.72. The maximum Gasteiger partial charge on any atom is 0.161 e. The van der Waals surface area contributed by atoms with E-state index in [0.717, 1.165) is 48.6 Å². The van der Waals surface area contributed by atoms with Crippen LogP contribution in [-0.4, -0.2) is 32.9 Å². The van der Waals surface area contributed by atoms with E-state index >= 15 is 0 Å². The number of nitrogens with one attached hydrogen (secondary N) is 2. The summed E-state index contributed by atoms with van der Waals surface area (Å²) in [6.45, 7) is 0.949. The summed E-state index contributed by atoms with van der Waals surface area (Å²) in [6, 6.07) is 10.6. The third kappa shape index (κ3) is 2.21. The van der Waals surface area contributed by atoms with Crippen molar-refractivity contribution >= 4 is 10.9 Å². The van der Waals surface area contributed by atoms with E-state index in [-0.39, 0.29) is 5.54 Å². The number of aromatic amines is 1. The molecule has 27 heavy (non-hydrogen) atoms. The Balaban J connectivity index is 1.74. The maximum atomic E-state index is 5.59. The minimum absolute atomic E-state index is 0.200. The molecule has 0 bridgehead atoms. The minimum atomic E-state index is -0.200. The molecule has 5 nitrogen and oxygen atoms in total. The number of aromatic nitrogens is 1. The average molecular weight is 364 g/mol. The van der Waals surface area contributed by atoms with Crippen LogP contribution in [0.5, 0.6) is 17.2 Å². The van der Waals surface area contributed by atoms with Gasteiger partial charge in [-0.2, -0.15) is 0 Å². The summed E-state index contributed by atoms with van der Waals surface area (Å²) in [6.07, 6.45) is 3.04. The van der Waals surface area contributed by atoms with Crippen molar-refractivity contribution in [2.24, 2.45) is 0 Å². The van der Waals surface area contributed by atoms with Crippen LogP contribution in [0.4, 0.5) is 0 Å². The zero-order valence-electron chi connectivity index (χ0n) is 15.9. The highest BCUT2D eigenvalue weighted by molar-refractivity contribution is 5.87. The first kappa shape index (κ1) is 16.5. The third-order valence-electron chi connectivity index (χ3n) is 6.18. The van der Waals surface area contributed by atoms with E-state index in [0.29, 0.717) is 0 Å². The van der Waals surface area contributed by atoms with Crippen molar-refractivity contribution in [1.82, 2.24) is 10.3 Å². The Hall–Kier alpha value is -2.66. The number of fused-ring (bicyclic) bond motifs is 6. The lowest BCUT2D eigenvalue weighted by molar-refractivity contribution is 0.349. The summed E-state index contributed by atoms with van der Waals surface area (Å²) < 4.78 is 16.6. The average Bonchev–Trinajstić information content (AvgIpc) is 3.26. The number of hydrogen-bond donors (Lipinski definition) is 2. The van der Waals surface area contributed by atoms with Gasteiger partial charge in [0.05, 0.1) is 26.9 Å². The fourth-order valence-electron chi connectivity index (χ4n) is 4.89. The topological polar surface area (TPSA) is 55.5 Å². The zero-order valence-corrected chi connectivity index (χ0v) is 15.9. The highest BCUT2D eigenvalue weighted by atomic mass is 16.5. The lowest BCUT2D eigenvalue weighted by atomic mass is 9.82. The summed E-state index contributed by atoms with van der Waals surface area (Å²) in [5.74, 6) is 2.48. The first-order valence-electron chi connectivity index (χ1n) is 9.39. The summed E-state index contributed by atoms with van der Waals surface area (Å²) >= 11 is 0. The Morgan fingerprint density at radius 1 is 0.926 bits per heavy atom. The van der Waals surface area contributed by atoms with Crippen molar-refractivity contribution in [3.63, 3.8) is 0 Å². The molecule has 5 rings (SSSR count). The second-order valence-electron chi connectivity index (χ2n) is 7.34. The van der Waals surface area contributed by atoms with Gasteiger partial charge in [0.2, 0.25) is 0 Å². The molecule has 0 radical (unpaired) electrons. The van der Waals surface area contributed by atoms with Crippen molar-refractivity contribution in [3.05, 3.63) is 52.7 Å². The SMILES string of the molecule is COc1ccc2[nH]c3c(c2c1)CCN[C@@]31CCc2cc(OC)c(OC)cc21. The van der Waals surface area contributed by atoms with Crippen LogP contribution in [0.2, 0.25) is 0 Å². The molecule has 3 aromatic rings. The van der Waals surface area contributed by atoms with E-state index in [2.05, 4.69) is 34.6 Å². The Morgan fingerprint density at radius 3 is 2.52 bits per heavy atom. The van der Waals surface area contributed by atoms with E-state index in [1.54, 1.807) is 21.3 Å². The fourth-order valence-corrected chi connectivity index (χ4v) is 4.89. The molecule has 1 spiro atoms. The number of methoxy groups -OCH3 is 3. The van der Waals surface area contributed by atoms with E-state index < -0.39 is 0 Å². The van der Waals surface area contributed by atoms with Gasteiger partial charge in [0, 0.05) is 23.1 Å². The zero-order chi connectivity index (χ0) is 18.6. The molecular weight excluding hydrogens is 340 g/mol. The molecule has 1 aliphatic carbocycles. The Kier molecular flexibility index (Phi) is 3.62. The predicted octanol–water partition coefficient (Wildman–Crippen LogP) is 3.53.